The van der Waals surface area contributed by atoms with Crippen molar-refractivity contribution in [2.45, 2.75) is 45.1 Å². The van der Waals surface area contributed by atoms with Gasteiger partial charge in [-0.15, -0.1) is 0 Å². The molecule has 2 fully saturated rings. The minimum atomic E-state index is -0.179. The predicted molar refractivity (Wildman–Crippen MR) is 103 cm³/mol. The van der Waals surface area contributed by atoms with Gasteiger partial charge >= 0.3 is 0 Å². The Labute approximate surface area is 154 Å². The third kappa shape index (κ3) is 2.69. The van der Waals surface area contributed by atoms with Crippen LogP contribution in [0, 0.1) is 12.3 Å². The number of pyridine rings is 1. The number of ether oxygens (including phenoxy) is 2. The number of aryl methyl sites for hydroxylation is 1. The van der Waals surface area contributed by atoms with E-state index in [1.807, 2.05) is 12.1 Å². The normalized spacial score (nSPS) is 25.8. The Morgan fingerprint density at radius 1 is 1.15 bits per heavy atom. The molecule has 1 spiro atoms. The summed E-state index contributed by atoms with van der Waals surface area (Å²) in [5, 5.41) is 11.6. The Bertz CT molecular complexity index is 822. The highest BCUT2D eigenvalue weighted by Gasteiger charge is 2.45. The number of methoxy groups -OCH3 is 2. The van der Waals surface area contributed by atoms with Gasteiger partial charge in [0.2, 0.25) is 0 Å². The molecule has 1 aromatic heterocycles. The highest BCUT2D eigenvalue weighted by atomic mass is 16.5. The molecule has 0 radical (unpaired) electrons. The van der Waals surface area contributed by atoms with E-state index in [0.717, 1.165) is 79.0 Å². The molecule has 0 amide bonds. The summed E-state index contributed by atoms with van der Waals surface area (Å²) in [6.07, 6.45) is 5.22. The van der Waals surface area contributed by atoms with Crippen molar-refractivity contribution in [2.24, 2.45) is 5.41 Å². The molecule has 26 heavy (non-hydrogen) atoms. The molecule has 1 saturated carbocycles. The standard InChI is InChI=1S/C21H28N2O3/c1-14-12-18(22-20-16(26-3)8-7-15(25-2)19(14)20)23-11-5-10-21(13-23)9-4-6-17(21)24/h7-8,12,17,24H,4-6,9-11,13H2,1-3H3/t17-,21+/m1/s1. The number of hydrogen-bond donors (Lipinski definition) is 1. The zero-order valence-corrected chi connectivity index (χ0v) is 15.9. The molecule has 2 aliphatic rings. The molecule has 2 aromatic rings. The minimum Gasteiger partial charge on any atom is -0.496 e. The first-order valence-electron chi connectivity index (χ1n) is 9.53. The van der Waals surface area contributed by atoms with Crippen molar-refractivity contribution in [3.8, 4) is 11.5 Å². The number of aliphatic hydroxyl groups excluding tert-OH is 1. The third-order valence-electron chi connectivity index (χ3n) is 6.30. The second kappa shape index (κ2) is 6.62. The van der Waals surface area contributed by atoms with Gasteiger partial charge in [-0.3, -0.25) is 0 Å². The number of nitrogens with zero attached hydrogens (tertiary/aromatic N) is 2. The minimum absolute atomic E-state index is 0.0429. The van der Waals surface area contributed by atoms with Crippen molar-refractivity contribution < 1.29 is 14.6 Å². The first-order valence-corrected chi connectivity index (χ1v) is 9.53. The van der Waals surface area contributed by atoms with Gasteiger partial charge in [-0.25, -0.2) is 4.98 Å². The lowest BCUT2D eigenvalue weighted by Gasteiger charge is -2.43. The van der Waals surface area contributed by atoms with Gasteiger partial charge in [0.25, 0.3) is 0 Å². The van der Waals surface area contributed by atoms with Crippen LogP contribution in [0.1, 0.15) is 37.7 Å². The Morgan fingerprint density at radius 3 is 2.58 bits per heavy atom. The third-order valence-corrected chi connectivity index (χ3v) is 6.30. The number of aromatic nitrogens is 1. The molecular formula is C21H28N2O3. The van der Waals surface area contributed by atoms with Gasteiger partial charge in [-0.1, -0.05) is 6.42 Å². The second-order valence-electron chi connectivity index (χ2n) is 7.79. The first kappa shape index (κ1) is 17.4. The molecule has 1 N–H and O–H groups in total. The van der Waals surface area contributed by atoms with Crippen LogP contribution >= 0.6 is 0 Å². The van der Waals surface area contributed by atoms with Gasteiger partial charge in [0.1, 0.15) is 22.8 Å². The van der Waals surface area contributed by atoms with Gasteiger partial charge < -0.3 is 19.5 Å². The zero-order valence-electron chi connectivity index (χ0n) is 15.9. The van der Waals surface area contributed by atoms with E-state index < -0.39 is 0 Å². The van der Waals surface area contributed by atoms with E-state index in [0.29, 0.717) is 0 Å². The van der Waals surface area contributed by atoms with Crippen molar-refractivity contribution in [1.82, 2.24) is 4.98 Å². The fraction of sp³-hybridized carbons (Fsp3) is 0.571. The van der Waals surface area contributed by atoms with Gasteiger partial charge in [0, 0.05) is 23.9 Å². The molecule has 1 aliphatic carbocycles. The molecule has 0 unspecified atom stereocenters. The van der Waals surface area contributed by atoms with Crippen molar-refractivity contribution in [3.05, 3.63) is 23.8 Å². The van der Waals surface area contributed by atoms with Crippen molar-refractivity contribution in [1.29, 1.82) is 0 Å². The molecule has 2 atom stereocenters. The van der Waals surface area contributed by atoms with Gasteiger partial charge in [0.15, 0.2) is 0 Å². The fourth-order valence-electron chi connectivity index (χ4n) is 4.91. The monoisotopic (exact) mass is 356 g/mol. The van der Waals surface area contributed by atoms with Gasteiger partial charge in [-0.2, -0.15) is 0 Å². The summed E-state index contributed by atoms with van der Waals surface area (Å²) in [5.74, 6) is 2.55. The molecule has 2 heterocycles. The van der Waals surface area contributed by atoms with Crippen LogP contribution in [0.4, 0.5) is 5.82 Å². The Hall–Kier alpha value is -2.01. The van der Waals surface area contributed by atoms with E-state index >= 15 is 0 Å². The zero-order chi connectivity index (χ0) is 18.3. The first-order chi connectivity index (χ1) is 12.6. The predicted octanol–water partition coefficient (Wildman–Crippen LogP) is 3.69. The van der Waals surface area contributed by atoms with Crippen LogP contribution in [-0.4, -0.2) is 43.5 Å². The van der Waals surface area contributed by atoms with E-state index in [1.54, 1.807) is 14.2 Å². The highest BCUT2D eigenvalue weighted by Crippen LogP contribution is 2.46. The van der Waals surface area contributed by atoms with E-state index in [-0.39, 0.29) is 11.5 Å². The van der Waals surface area contributed by atoms with E-state index in [1.165, 1.54) is 0 Å². The number of benzene rings is 1. The summed E-state index contributed by atoms with van der Waals surface area (Å²) < 4.78 is 11.1. The molecule has 140 valence electrons. The average Bonchev–Trinajstić information content (AvgIpc) is 3.00. The number of hydrogen-bond acceptors (Lipinski definition) is 5. The maximum Gasteiger partial charge on any atom is 0.145 e. The van der Waals surface area contributed by atoms with Crippen molar-refractivity contribution >= 4 is 16.7 Å². The Kier molecular flexibility index (Phi) is 4.43. The number of piperidine rings is 1. The molecule has 1 saturated heterocycles. The van der Waals surface area contributed by atoms with Crippen LogP contribution in [0.3, 0.4) is 0 Å². The maximum atomic E-state index is 10.6. The van der Waals surface area contributed by atoms with Crippen LogP contribution in [0.15, 0.2) is 18.2 Å². The smallest absolute Gasteiger partial charge is 0.145 e. The number of fused-ring (bicyclic) bond motifs is 1. The van der Waals surface area contributed by atoms with Crippen LogP contribution in [0.5, 0.6) is 11.5 Å². The van der Waals surface area contributed by atoms with Crippen LogP contribution < -0.4 is 14.4 Å². The molecule has 5 heteroatoms. The summed E-state index contributed by atoms with van der Waals surface area (Å²) in [6.45, 7) is 3.97. The quantitative estimate of drug-likeness (QED) is 0.909. The summed E-state index contributed by atoms with van der Waals surface area (Å²) >= 11 is 0. The Morgan fingerprint density at radius 2 is 1.88 bits per heavy atom. The maximum absolute atomic E-state index is 10.6. The lowest BCUT2D eigenvalue weighted by molar-refractivity contribution is 0.0408. The molecule has 4 rings (SSSR count). The Balaban J connectivity index is 1.77. The largest absolute Gasteiger partial charge is 0.496 e. The van der Waals surface area contributed by atoms with Crippen LogP contribution in [0.25, 0.3) is 10.9 Å². The van der Waals surface area contributed by atoms with Crippen molar-refractivity contribution in [2.75, 3.05) is 32.2 Å². The van der Waals surface area contributed by atoms with E-state index in [2.05, 4.69) is 17.9 Å². The molecular weight excluding hydrogens is 328 g/mol. The number of rotatable bonds is 3. The van der Waals surface area contributed by atoms with E-state index in [9.17, 15) is 5.11 Å². The van der Waals surface area contributed by atoms with Gasteiger partial charge in [-0.05, 0) is 56.4 Å². The second-order valence-corrected chi connectivity index (χ2v) is 7.79. The highest BCUT2D eigenvalue weighted by molar-refractivity contribution is 5.94. The molecule has 5 nitrogen and oxygen atoms in total. The van der Waals surface area contributed by atoms with Crippen LogP contribution in [-0.2, 0) is 0 Å². The topological polar surface area (TPSA) is 54.8 Å². The molecule has 1 aliphatic heterocycles. The summed E-state index contributed by atoms with van der Waals surface area (Å²) in [4.78, 5) is 7.31. The average molecular weight is 356 g/mol. The van der Waals surface area contributed by atoms with Gasteiger partial charge in [0.05, 0.1) is 20.3 Å². The summed E-state index contributed by atoms with van der Waals surface area (Å²) in [5.41, 5.74) is 2.02. The fourth-order valence-corrected chi connectivity index (χ4v) is 4.91. The summed E-state index contributed by atoms with van der Waals surface area (Å²) in [6, 6.07) is 5.99. The number of aliphatic hydroxyl groups is 1. The lowest BCUT2D eigenvalue weighted by atomic mass is 9.76. The van der Waals surface area contributed by atoms with E-state index in [4.69, 9.17) is 14.5 Å². The SMILES string of the molecule is COc1ccc(OC)c2c(C)cc(N3CCC[C@@]4(CCC[C@H]4O)C3)nc12. The molecule has 1 aromatic carbocycles. The lowest BCUT2D eigenvalue weighted by Crippen LogP contribution is -2.47. The van der Waals surface area contributed by atoms with Crippen LogP contribution in [0.2, 0.25) is 0 Å². The molecule has 0 bridgehead atoms. The number of anilines is 1. The summed E-state index contributed by atoms with van der Waals surface area (Å²) in [7, 11) is 3.36. The van der Waals surface area contributed by atoms with Crippen molar-refractivity contribution in [3.63, 3.8) is 0 Å².